The molecule has 2 N–H and O–H groups in total. The van der Waals surface area contributed by atoms with Gasteiger partial charge in [-0.25, -0.2) is 18.2 Å². The number of likely N-dealkylation sites (tertiary alicyclic amines) is 1. The zero-order valence-corrected chi connectivity index (χ0v) is 30.1. The van der Waals surface area contributed by atoms with Crippen LogP contribution in [0.15, 0.2) is 66.9 Å². The maximum absolute atomic E-state index is 15.2. The van der Waals surface area contributed by atoms with Gasteiger partial charge in [0.15, 0.2) is 0 Å². The first kappa shape index (κ1) is 38.9. The molecule has 2 saturated heterocycles. The second-order valence-corrected chi connectivity index (χ2v) is 14.0. The molecule has 1 aromatic heterocycles. The molecule has 4 heterocycles. The highest BCUT2D eigenvalue weighted by atomic mass is 19.1. The van der Waals surface area contributed by atoms with Crippen LogP contribution in [-0.4, -0.2) is 118 Å². The summed E-state index contributed by atoms with van der Waals surface area (Å²) < 4.78 is 52.1. The molecular weight excluding hydrogens is 705 g/mol. The Morgan fingerprint density at radius 1 is 1.04 bits per heavy atom. The number of nitrogens with one attached hydrogen (secondary N) is 1. The SMILES string of the molecule is C[C@H](O)C(=O)N(C[C@@H]1CNC[C@@H]1F)[C@@H](c1nc(-c2cc(F)ccc2F)cn1Cc1ccccc1)C1CCN(C(=O)CCOCCN2C(=O)C=CC2=O)CC1. The smallest absolute Gasteiger partial charge is 0.253 e. The highest BCUT2D eigenvalue weighted by Crippen LogP contribution is 2.39. The minimum atomic E-state index is -1.42. The number of hydrogen-bond donors (Lipinski definition) is 2. The van der Waals surface area contributed by atoms with Gasteiger partial charge in [-0.2, -0.15) is 0 Å². The standard InChI is InChI=1S/C39H45F3N6O6/c1-25(49)39(53)48(23-28-20-43-21-32(28)42)37(27-11-14-45(15-12-27)34(50)13-17-54-18-16-47-35(51)9-10-36(47)52)38-44-33(30-19-29(40)7-8-31(30)41)24-46(38)22-26-5-3-2-4-6-26/h2-10,19,24-25,27-28,32,37,43,49H,11-18,20-23H2,1H3/t25-,28-,32-,37+/m0/s1. The summed E-state index contributed by atoms with van der Waals surface area (Å²) in [4.78, 5) is 59.8. The summed E-state index contributed by atoms with van der Waals surface area (Å²) in [5.74, 6) is -3.40. The predicted octanol–water partition coefficient (Wildman–Crippen LogP) is 3.25. The molecule has 2 aromatic carbocycles. The summed E-state index contributed by atoms with van der Waals surface area (Å²) >= 11 is 0. The van der Waals surface area contributed by atoms with Crippen LogP contribution in [0.2, 0.25) is 0 Å². The van der Waals surface area contributed by atoms with Crippen LogP contribution in [0.1, 0.15) is 43.6 Å². The van der Waals surface area contributed by atoms with E-state index >= 15 is 8.78 Å². The van der Waals surface area contributed by atoms with Crippen molar-refractivity contribution in [2.45, 2.75) is 51.0 Å². The molecule has 2 fully saturated rings. The van der Waals surface area contributed by atoms with Crippen molar-refractivity contribution in [3.63, 3.8) is 0 Å². The topological polar surface area (TPSA) is 137 Å². The third-order valence-electron chi connectivity index (χ3n) is 10.3. The van der Waals surface area contributed by atoms with Crippen LogP contribution in [0.5, 0.6) is 0 Å². The summed E-state index contributed by atoms with van der Waals surface area (Å²) in [6.07, 6.45) is 2.30. The maximum atomic E-state index is 15.2. The lowest BCUT2D eigenvalue weighted by Crippen LogP contribution is -2.50. The number of nitrogens with zero attached hydrogens (tertiary/aromatic N) is 5. The van der Waals surface area contributed by atoms with Gasteiger partial charge in [-0.1, -0.05) is 30.3 Å². The largest absolute Gasteiger partial charge is 0.384 e. The summed E-state index contributed by atoms with van der Waals surface area (Å²) in [6, 6.07) is 11.7. The number of imide groups is 1. The number of carbonyl (C=O) groups is 4. The van der Waals surface area contributed by atoms with Crippen LogP contribution in [0, 0.1) is 23.5 Å². The van der Waals surface area contributed by atoms with Crippen LogP contribution < -0.4 is 5.32 Å². The number of aliphatic hydroxyl groups is 1. The van der Waals surface area contributed by atoms with Crippen molar-refractivity contribution in [2.24, 2.45) is 11.8 Å². The number of halogens is 3. The molecule has 0 saturated carbocycles. The van der Waals surface area contributed by atoms with Gasteiger partial charge in [0, 0.05) is 69.1 Å². The average Bonchev–Trinajstić information content (AvgIpc) is 3.86. The lowest BCUT2D eigenvalue weighted by atomic mass is 9.86. The van der Waals surface area contributed by atoms with Gasteiger partial charge in [0.1, 0.15) is 29.7 Å². The van der Waals surface area contributed by atoms with E-state index in [1.807, 2.05) is 30.3 Å². The third-order valence-corrected chi connectivity index (χ3v) is 10.3. The Morgan fingerprint density at radius 3 is 2.43 bits per heavy atom. The van der Waals surface area contributed by atoms with E-state index in [0.717, 1.165) is 28.7 Å². The van der Waals surface area contributed by atoms with E-state index in [1.165, 1.54) is 24.0 Å². The number of alkyl halides is 1. The minimum absolute atomic E-state index is 0.0222. The molecular formula is C39H45F3N6O6. The zero-order chi connectivity index (χ0) is 38.4. The monoisotopic (exact) mass is 750 g/mol. The number of amides is 4. The molecule has 0 unspecified atom stereocenters. The fourth-order valence-electron chi connectivity index (χ4n) is 7.41. The summed E-state index contributed by atoms with van der Waals surface area (Å²) in [7, 11) is 0. The van der Waals surface area contributed by atoms with E-state index in [1.54, 1.807) is 15.7 Å². The first-order chi connectivity index (χ1) is 26.0. The second-order valence-electron chi connectivity index (χ2n) is 14.0. The number of aromatic nitrogens is 2. The van der Waals surface area contributed by atoms with Crippen LogP contribution in [-0.2, 0) is 30.5 Å². The molecule has 0 radical (unpaired) electrons. The number of ether oxygens (including phenoxy) is 1. The third kappa shape index (κ3) is 9.08. The van der Waals surface area contributed by atoms with Gasteiger partial charge >= 0.3 is 0 Å². The summed E-state index contributed by atoms with van der Waals surface area (Å²) in [5, 5.41) is 13.7. The second kappa shape index (κ2) is 17.5. The van der Waals surface area contributed by atoms with Crippen molar-refractivity contribution < 1.29 is 42.2 Å². The first-order valence-electron chi connectivity index (χ1n) is 18.3. The molecule has 12 nitrogen and oxygen atoms in total. The molecule has 0 aliphatic carbocycles. The van der Waals surface area contributed by atoms with Gasteiger partial charge < -0.3 is 29.5 Å². The van der Waals surface area contributed by atoms with E-state index in [0.29, 0.717) is 38.3 Å². The summed E-state index contributed by atoms with van der Waals surface area (Å²) in [6.45, 7) is 3.01. The fraction of sp³-hybridized carbons (Fsp3) is 0.462. The van der Waals surface area contributed by atoms with Gasteiger partial charge in [-0.15, -0.1) is 0 Å². The van der Waals surface area contributed by atoms with Gasteiger partial charge in [-0.05, 0) is 49.4 Å². The van der Waals surface area contributed by atoms with Gasteiger partial charge in [-0.3, -0.25) is 24.1 Å². The number of imidazole rings is 1. The predicted molar refractivity (Wildman–Crippen MR) is 191 cm³/mol. The highest BCUT2D eigenvalue weighted by molar-refractivity contribution is 6.12. The van der Waals surface area contributed by atoms with Crippen LogP contribution >= 0.6 is 0 Å². The van der Waals surface area contributed by atoms with Crippen LogP contribution in [0.3, 0.4) is 0 Å². The van der Waals surface area contributed by atoms with E-state index < -0.39 is 53.6 Å². The molecule has 4 amide bonds. The highest BCUT2D eigenvalue weighted by Gasteiger charge is 2.42. The normalized spacial score (nSPS) is 20.2. The van der Waals surface area contributed by atoms with Gasteiger partial charge in [0.25, 0.3) is 17.7 Å². The van der Waals surface area contributed by atoms with Gasteiger partial charge in [0.2, 0.25) is 5.91 Å². The molecule has 0 bridgehead atoms. The molecule has 3 aliphatic heterocycles. The Kier molecular flexibility index (Phi) is 12.6. The van der Waals surface area contributed by atoms with Crippen molar-refractivity contribution in [3.8, 4) is 11.3 Å². The van der Waals surface area contributed by atoms with E-state index in [2.05, 4.69) is 5.32 Å². The lowest BCUT2D eigenvalue weighted by Gasteiger charge is -2.42. The van der Waals surface area contributed by atoms with Crippen LogP contribution in [0.25, 0.3) is 11.3 Å². The maximum Gasteiger partial charge on any atom is 0.253 e. The molecule has 4 atom stereocenters. The molecule has 3 aromatic rings. The van der Waals surface area contributed by atoms with Crippen molar-refractivity contribution in [1.29, 1.82) is 0 Å². The quantitative estimate of drug-likeness (QED) is 0.179. The number of aliphatic hydroxyl groups excluding tert-OH is 1. The minimum Gasteiger partial charge on any atom is -0.384 e. The number of carbonyl (C=O) groups excluding carboxylic acids is 4. The number of piperidine rings is 1. The number of rotatable bonds is 15. The van der Waals surface area contributed by atoms with Gasteiger partial charge in [0.05, 0.1) is 37.9 Å². The Bertz CT molecular complexity index is 1830. The Balaban J connectivity index is 1.26. The molecule has 54 heavy (non-hydrogen) atoms. The van der Waals surface area contributed by atoms with Crippen LogP contribution in [0.4, 0.5) is 13.2 Å². The molecule has 0 spiro atoms. The van der Waals surface area contributed by atoms with E-state index in [9.17, 15) is 28.7 Å². The Labute approximate surface area is 311 Å². The average molecular weight is 751 g/mol. The zero-order valence-electron chi connectivity index (χ0n) is 30.1. The Morgan fingerprint density at radius 2 is 1.76 bits per heavy atom. The number of hydrogen-bond acceptors (Lipinski definition) is 8. The molecule has 6 rings (SSSR count). The van der Waals surface area contributed by atoms with Crippen molar-refractivity contribution in [3.05, 3.63) is 89.9 Å². The lowest BCUT2D eigenvalue weighted by molar-refractivity contribution is -0.146. The van der Waals surface area contributed by atoms with E-state index in [4.69, 9.17) is 9.72 Å². The fourth-order valence-corrected chi connectivity index (χ4v) is 7.41. The Hall–Kier alpha value is -4.86. The molecule has 3 aliphatic rings. The number of benzene rings is 2. The van der Waals surface area contributed by atoms with Crippen molar-refractivity contribution >= 4 is 23.6 Å². The van der Waals surface area contributed by atoms with E-state index in [-0.39, 0.29) is 68.9 Å². The summed E-state index contributed by atoms with van der Waals surface area (Å²) in [5.41, 5.74) is 0.980. The first-order valence-corrected chi connectivity index (χ1v) is 18.3. The van der Waals surface area contributed by atoms with Crippen molar-refractivity contribution in [1.82, 2.24) is 29.6 Å². The van der Waals surface area contributed by atoms with Crippen molar-refractivity contribution in [2.75, 3.05) is 52.5 Å². The molecule has 288 valence electrons. The molecule has 15 heteroatoms.